The molecule has 0 amide bonds. The van der Waals surface area contributed by atoms with Gasteiger partial charge < -0.3 is 10.2 Å². The van der Waals surface area contributed by atoms with Crippen molar-refractivity contribution in [3.05, 3.63) is 27.8 Å². The molecule has 0 radical (unpaired) electrons. The lowest BCUT2D eigenvalue weighted by molar-refractivity contribution is -0.386. The summed E-state index contributed by atoms with van der Waals surface area (Å²) in [5.74, 6) is -1.06. The minimum atomic E-state index is -0.624. The summed E-state index contributed by atoms with van der Waals surface area (Å²) in [5.41, 5.74) is 0.133. The highest BCUT2D eigenvalue weighted by molar-refractivity contribution is 5.59. The molecule has 0 aliphatic carbocycles. The highest BCUT2D eigenvalue weighted by atomic mass is 16.6. The van der Waals surface area contributed by atoms with E-state index in [4.69, 9.17) is 0 Å². The van der Waals surface area contributed by atoms with Crippen molar-refractivity contribution in [2.24, 2.45) is 0 Å². The minimum Gasteiger partial charge on any atom is -0.504 e. The van der Waals surface area contributed by atoms with Crippen LogP contribution in [0.1, 0.15) is 83.1 Å². The number of aromatic hydroxyl groups is 2. The van der Waals surface area contributed by atoms with Gasteiger partial charge in [-0.25, -0.2) is 0 Å². The number of phenolic OH excluding ortho intramolecular Hbond substituents is 2. The van der Waals surface area contributed by atoms with E-state index in [2.05, 4.69) is 6.92 Å². The predicted octanol–water partition coefficient (Wildman–Crippen LogP) is 5.86. The Kier molecular flexibility index (Phi) is 9.89. The van der Waals surface area contributed by atoms with Gasteiger partial charge in [0.25, 0.3) is 0 Å². The monoisotopic (exact) mass is 337 g/mol. The molecule has 2 N–H and O–H groups in total. The van der Waals surface area contributed by atoms with E-state index in [0.717, 1.165) is 19.3 Å². The van der Waals surface area contributed by atoms with Crippen LogP contribution in [0.2, 0.25) is 0 Å². The van der Waals surface area contributed by atoms with Gasteiger partial charge in [-0.3, -0.25) is 10.1 Å². The number of hydrogen-bond donors (Lipinski definition) is 2. The van der Waals surface area contributed by atoms with E-state index in [1.807, 2.05) is 0 Å². The minimum absolute atomic E-state index is 0.359. The second kappa shape index (κ2) is 11.7. The first-order chi connectivity index (χ1) is 11.6. The second-order valence-electron chi connectivity index (χ2n) is 6.48. The van der Waals surface area contributed by atoms with E-state index >= 15 is 0 Å². The van der Waals surface area contributed by atoms with Crippen LogP contribution < -0.4 is 0 Å². The molecule has 0 heterocycles. The van der Waals surface area contributed by atoms with Crippen molar-refractivity contribution < 1.29 is 15.1 Å². The average Bonchev–Trinajstić information content (AvgIpc) is 2.55. The van der Waals surface area contributed by atoms with Gasteiger partial charge >= 0.3 is 5.69 Å². The van der Waals surface area contributed by atoms with Crippen LogP contribution >= 0.6 is 0 Å². The van der Waals surface area contributed by atoms with E-state index in [9.17, 15) is 20.3 Å². The van der Waals surface area contributed by atoms with E-state index in [0.29, 0.717) is 12.0 Å². The van der Waals surface area contributed by atoms with Crippen LogP contribution in [-0.2, 0) is 6.42 Å². The van der Waals surface area contributed by atoms with E-state index in [1.165, 1.54) is 63.5 Å². The quantitative estimate of drug-likeness (QED) is 0.204. The van der Waals surface area contributed by atoms with Crippen molar-refractivity contribution in [3.8, 4) is 11.5 Å². The molecular formula is C19H31NO4. The van der Waals surface area contributed by atoms with Crippen molar-refractivity contribution in [3.63, 3.8) is 0 Å². The molecule has 5 nitrogen and oxygen atoms in total. The van der Waals surface area contributed by atoms with E-state index < -0.39 is 16.4 Å². The normalized spacial score (nSPS) is 10.9. The number of nitrogens with zero attached hydrogens (tertiary/aromatic N) is 1. The molecule has 0 saturated heterocycles. The summed E-state index contributed by atoms with van der Waals surface area (Å²) in [5, 5.41) is 30.0. The average molecular weight is 337 g/mol. The zero-order valence-corrected chi connectivity index (χ0v) is 14.8. The lowest BCUT2D eigenvalue weighted by Gasteiger charge is -2.06. The fourth-order valence-corrected chi connectivity index (χ4v) is 3.00. The van der Waals surface area contributed by atoms with Gasteiger partial charge in [-0.2, -0.15) is 0 Å². The van der Waals surface area contributed by atoms with Crippen LogP contribution in [0, 0.1) is 10.1 Å². The van der Waals surface area contributed by atoms with Gasteiger partial charge in [-0.15, -0.1) is 0 Å². The lowest BCUT2D eigenvalue weighted by atomic mass is 10.0. The summed E-state index contributed by atoms with van der Waals surface area (Å²) < 4.78 is 0. The Balaban J connectivity index is 2.18. The number of nitro groups is 1. The van der Waals surface area contributed by atoms with Gasteiger partial charge in [0.05, 0.1) is 4.92 Å². The Bertz CT molecular complexity index is 502. The van der Waals surface area contributed by atoms with Crippen molar-refractivity contribution in [1.82, 2.24) is 0 Å². The molecule has 1 aromatic rings. The fraction of sp³-hybridized carbons (Fsp3) is 0.684. The van der Waals surface area contributed by atoms with Gasteiger partial charge in [0.1, 0.15) is 0 Å². The maximum Gasteiger partial charge on any atom is 0.317 e. The summed E-state index contributed by atoms with van der Waals surface area (Å²) in [4.78, 5) is 10.4. The number of hydrogen-bond acceptors (Lipinski definition) is 4. The van der Waals surface area contributed by atoms with Crippen molar-refractivity contribution in [1.29, 1.82) is 0 Å². The molecule has 0 spiro atoms. The van der Waals surface area contributed by atoms with Crippen molar-refractivity contribution in [2.75, 3.05) is 0 Å². The van der Waals surface area contributed by atoms with Crippen LogP contribution in [0.3, 0.4) is 0 Å². The molecule has 1 aromatic carbocycles. The number of nitro benzene ring substituents is 1. The summed E-state index contributed by atoms with van der Waals surface area (Å²) in [6.07, 6.45) is 14.1. The molecule has 0 aromatic heterocycles. The second-order valence-corrected chi connectivity index (χ2v) is 6.48. The van der Waals surface area contributed by atoms with Crippen LogP contribution in [0.25, 0.3) is 0 Å². The largest absolute Gasteiger partial charge is 0.504 e. The Morgan fingerprint density at radius 1 is 0.875 bits per heavy atom. The van der Waals surface area contributed by atoms with E-state index in [1.54, 1.807) is 0 Å². The number of rotatable bonds is 13. The fourth-order valence-electron chi connectivity index (χ4n) is 3.00. The topological polar surface area (TPSA) is 83.6 Å². The van der Waals surface area contributed by atoms with Crippen molar-refractivity contribution >= 4 is 5.69 Å². The first-order valence-corrected chi connectivity index (χ1v) is 9.26. The zero-order valence-electron chi connectivity index (χ0n) is 14.8. The predicted molar refractivity (Wildman–Crippen MR) is 96.6 cm³/mol. The van der Waals surface area contributed by atoms with Crippen LogP contribution in [0.15, 0.2) is 12.1 Å². The molecule has 0 bridgehead atoms. The third-order valence-electron chi connectivity index (χ3n) is 4.45. The zero-order chi connectivity index (χ0) is 17.8. The highest BCUT2D eigenvalue weighted by Crippen LogP contribution is 2.38. The standard InChI is InChI=1S/C19H31NO4/c1-2-3-4-5-6-7-8-9-10-11-12-13-16-14-15-17(21)19(22)18(16)20(23)24/h14-15,21-22H,2-13H2,1H3. The molecule has 5 heteroatoms. The summed E-state index contributed by atoms with van der Waals surface area (Å²) in [6.45, 7) is 2.23. The van der Waals surface area contributed by atoms with Gasteiger partial charge in [0, 0.05) is 5.56 Å². The van der Waals surface area contributed by atoms with E-state index in [-0.39, 0.29) is 5.69 Å². The molecule has 24 heavy (non-hydrogen) atoms. The molecular weight excluding hydrogens is 306 g/mol. The molecule has 0 fully saturated rings. The summed E-state index contributed by atoms with van der Waals surface area (Å²) >= 11 is 0. The third kappa shape index (κ3) is 7.20. The van der Waals surface area contributed by atoms with Crippen molar-refractivity contribution in [2.45, 2.75) is 84.0 Å². The Hall–Kier alpha value is -1.78. The maximum atomic E-state index is 11.0. The summed E-state index contributed by atoms with van der Waals surface area (Å²) in [6, 6.07) is 2.85. The highest BCUT2D eigenvalue weighted by Gasteiger charge is 2.22. The Morgan fingerprint density at radius 2 is 1.38 bits per heavy atom. The van der Waals surface area contributed by atoms with Crippen LogP contribution in [0.4, 0.5) is 5.69 Å². The molecule has 0 unspecified atom stereocenters. The third-order valence-corrected chi connectivity index (χ3v) is 4.45. The number of phenols is 2. The molecule has 0 aliphatic rings. The number of unbranched alkanes of at least 4 members (excludes halogenated alkanes) is 10. The Labute approximate surface area is 144 Å². The molecule has 0 atom stereocenters. The number of benzene rings is 1. The van der Waals surface area contributed by atoms with Crippen LogP contribution in [0.5, 0.6) is 11.5 Å². The first kappa shape index (κ1) is 20.3. The van der Waals surface area contributed by atoms with Gasteiger partial charge in [0.15, 0.2) is 5.75 Å². The van der Waals surface area contributed by atoms with Gasteiger partial charge in [-0.05, 0) is 25.0 Å². The Morgan fingerprint density at radius 3 is 1.88 bits per heavy atom. The maximum absolute atomic E-state index is 11.0. The van der Waals surface area contributed by atoms with Crippen LogP contribution in [-0.4, -0.2) is 15.1 Å². The number of aryl methyl sites for hydroxylation is 1. The molecule has 0 saturated carbocycles. The molecule has 0 aliphatic heterocycles. The SMILES string of the molecule is CCCCCCCCCCCCCc1ccc(O)c(O)c1[N+](=O)[O-]. The molecule has 1 rings (SSSR count). The van der Waals surface area contributed by atoms with Gasteiger partial charge in [0.2, 0.25) is 5.75 Å². The lowest BCUT2D eigenvalue weighted by Crippen LogP contribution is -1.96. The smallest absolute Gasteiger partial charge is 0.317 e. The van der Waals surface area contributed by atoms with Gasteiger partial charge in [-0.1, -0.05) is 71.1 Å². The molecule has 136 valence electrons. The first-order valence-electron chi connectivity index (χ1n) is 9.26. The summed E-state index contributed by atoms with van der Waals surface area (Å²) in [7, 11) is 0.